The first-order valence-electron chi connectivity index (χ1n) is 18.1. The number of H-pyrrole nitrogens is 1. The smallest absolute Gasteiger partial charge is 0.418 e. The second-order valence-corrected chi connectivity index (χ2v) is 17.2. The topological polar surface area (TPSA) is 110 Å². The van der Waals surface area contributed by atoms with Crippen molar-refractivity contribution in [3.05, 3.63) is 106 Å². The molecule has 0 bridgehead atoms. The maximum absolute atomic E-state index is 14.3. The maximum atomic E-state index is 14.3. The average Bonchev–Trinajstić information content (AvgIpc) is 3.50. The SMILES string of the molecule is Cc1[nH]nc2c(C(F)(F)F)cc(C(=O)Nc3ccc4c(c3)nc(C3CC35CCN(c3cccc(OCc6ccc(Cl)cc6F)n3)CC5)n4C[Si]3CCO3)cc12. The number of anilines is 2. The Morgan fingerprint density at radius 2 is 1.93 bits per heavy atom. The number of piperidine rings is 1. The molecule has 2 N–H and O–H groups in total. The number of halogens is 5. The number of aromatic nitrogens is 5. The fourth-order valence-electron chi connectivity index (χ4n) is 7.89. The van der Waals surface area contributed by atoms with Crippen LogP contribution in [0, 0.1) is 18.2 Å². The minimum Gasteiger partial charge on any atom is -0.473 e. The zero-order valence-electron chi connectivity index (χ0n) is 29.6. The number of aryl methyl sites for hydroxylation is 1. The van der Waals surface area contributed by atoms with Gasteiger partial charge >= 0.3 is 6.18 Å². The van der Waals surface area contributed by atoms with E-state index in [-0.39, 0.29) is 34.4 Å². The van der Waals surface area contributed by atoms with E-state index in [0.29, 0.717) is 33.4 Å². The van der Waals surface area contributed by atoms with Crippen LogP contribution in [0.15, 0.2) is 66.7 Å². The molecule has 3 aromatic carbocycles. The highest BCUT2D eigenvalue weighted by molar-refractivity contribution is 6.53. The molecule has 1 atom stereocenters. The number of carbonyl (C=O) groups is 1. The predicted molar refractivity (Wildman–Crippen MR) is 201 cm³/mol. The molecule has 2 saturated heterocycles. The van der Waals surface area contributed by atoms with Gasteiger partial charge in [-0.1, -0.05) is 23.7 Å². The summed E-state index contributed by atoms with van der Waals surface area (Å²) in [5.74, 6) is 1.41. The molecule has 1 aliphatic carbocycles. The summed E-state index contributed by atoms with van der Waals surface area (Å²) in [5.41, 5.74) is 1.74. The number of aromatic amines is 1. The zero-order chi connectivity index (χ0) is 38.1. The molecular weight excluding hydrogens is 754 g/mol. The molecule has 1 unspecified atom stereocenters. The van der Waals surface area contributed by atoms with Crippen LogP contribution in [0.2, 0.25) is 11.1 Å². The molecule has 1 amide bonds. The van der Waals surface area contributed by atoms with Crippen molar-refractivity contribution < 1.29 is 31.5 Å². The fourth-order valence-corrected chi connectivity index (χ4v) is 9.48. The molecule has 3 aromatic heterocycles. The van der Waals surface area contributed by atoms with Gasteiger partial charge in [0, 0.05) is 70.8 Å². The van der Waals surface area contributed by atoms with Gasteiger partial charge in [0.2, 0.25) is 14.9 Å². The van der Waals surface area contributed by atoms with Crippen molar-refractivity contribution in [3.8, 4) is 5.88 Å². The number of benzene rings is 3. The van der Waals surface area contributed by atoms with Gasteiger partial charge in [0.1, 0.15) is 29.6 Å². The van der Waals surface area contributed by atoms with Crippen molar-refractivity contribution in [2.45, 2.75) is 57.1 Å². The Balaban J connectivity index is 0.913. The third-order valence-corrected chi connectivity index (χ3v) is 13.4. The van der Waals surface area contributed by atoms with Gasteiger partial charge in [-0.15, -0.1) is 0 Å². The second-order valence-electron chi connectivity index (χ2n) is 14.6. The number of nitrogens with zero attached hydrogens (tertiary/aromatic N) is 5. The highest BCUT2D eigenvalue weighted by Crippen LogP contribution is 2.65. The molecule has 3 aliphatic rings. The molecule has 283 valence electrons. The Bertz CT molecular complexity index is 2460. The Morgan fingerprint density at radius 1 is 1.11 bits per heavy atom. The van der Waals surface area contributed by atoms with Crippen LogP contribution in [0.25, 0.3) is 21.9 Å². The lowest BCUT2D eigenvalue weighted by atomic mass is 9.90. The number of pyridine rings is 1. The number of imidazole rings is 1. The van der Waals surface area contributed by atoms with Gasteiger partial charge in [-0.2, -0.15) is 23.3 Å². The van der Waals surface area contributed by atoms with Gasteiger partial charge in [-0.25, -0.2) is 9.37 Å². The number of fused-ring (bicyclic) bond motifs is 2. The van der Waals surface area contributed by atoms with Crippen LogP contribution in [0.3, 0.4) is 0 Å². The lowest BCUT2D eigenvalue weighted by Gasteiger charge is -2.34. The highest BCUT2D eigenvalue weighted by Gasteiger charge is 2.57. The number of alkyl halides is 3. The van der Waals surface area contributed by atoms with Gasteiger partial charge in [-0.3, -0.25) is 9.89 Å². The third-order valence-electron chi connectivity index (χ3n) is 11.2. The molecule has 1 saturated carbocycles. The van der Waals surface area contributed by atoms with Gasteiger partial charge < -0.3 is 23.9 Å². The average molecular weight is 789 g/mol. The lowest BCUT2D eigenvalue weighted by molar-refractivity contribution is -0.136. The van der Waals surface area contributed by atoms with Crippen molar-refractivity contribution in [1.82, 2.24) is 24.7 Å². The Kier molecular flexibility index (Phi) is 8.85. The summed E-state index contributed by atoms with van der Waals surface area (Å²) in [4.78, 5) is 25.5. The molecule has 5 heterocycles. The Morgan fingerprint density at radius 3 is 2.67 bits per heavy atom. The molecule has 3 fully saturated rings. The van der Waals surface area contributed by atoms with Crippen LogP contribution in [-0.4, -0.2) is 59.4 Å². The van der Waals surface area contributed by atoms with E-state index in [4.69, 9.17) is 30.7 Å². The fraction of sp³-hybridized carbons (Fsp3) is 0.333. The number of hydrogen-bond donors (Lipinski definition) is 2. The lowest BCUT2D eigenvalue weighted by Crippen LogP contribution is -2.37. The first kappa shape index (κ1) is 35.7. The number of carbonyl (C=O) groups excluding carboxylic acids is 1. The summed E-state index contributed by atoms with van der Waals surface area (Å²) in [6.45, 7) is 4.05. The maximum Gasteiger partial charge on any atom is 0.418 e. The quantitative estimate of drug-likeness (QED) is 0.112. The van der Waals surface area contributed by atoms with E-state index in [1.807, 2.05) is 18.2 Å². The van der Waals surface area contributed by atoms with Crippen molar-refractivity contribution in [2.24, 2.45) is 5.41 Å². The van der Waals surface area contributed by atoms with Gasteiger partial charge in [0.05, 0.1) is 16.6 Å². The first-order valence-corrected chi connectivity index (χ1v) is 20.3. The monoisotopic (exact) mass is 788 g/mol. The van der Waals surface area contributed by atoms with E-state index in [1.54, 1.807) is 37.3 Å². The van der Waals surface area contributed by atoms with E-state index in [1.165, 1.54) is 12.1 Å². The molecule has 1 spiro atoms. The van der Waals surface area contributed by atoms with Crippen molar-refractivity contribution >= 4 is 60.0 Å². The Labute approximate surface area is 319 Å². The van der Waals surface area contributed by atoms with Gasteiger partial charge in [-0.05, 0) is 86.2 Å². The summed E-state index contributed by atoms with van der Waals surface area (Å²) < 4.78 is 70.1. The van der Waals surface area contributed by atoms with Crippen LogP contribution >= 0.6 is 11.6 Å². The van der Waals surface area contributed by atoms with Gasteiger partial charge in [0.25, 0.3) is 5.91 Å². The number of rotatable bonds is 9. The molecule has 1 radical (unpaired) electrons. The van der Waals surface area contributed by atoms with Crippen LogP contribution in [0.1, 0.15) is 58.2 Å². The third kappa shape index (κ3) is 6.82. The normalized spacial score (nSPS) is 18.2. The van der Waals surface area contributed by atoms with E-state index in [9.17, 15) is 22.4 Å². The van der Waals surface area contributed by atoms with Crippen LogP contribution in [-0.2, 0) is 23.4 Å². The zero-order valence-corrected chi connectivity index (χ0v) is 31.4. The molecule has 9 rings (SSSR count). The minimum absolute atomic E-state index is 0.0396. The van der Waals surface area contributed by atoms with E-state index in [2.05, 4.69) is 25.0 Å². The van der Waals surface area contributed by atoms with E-state index < -0.39 is 32.5 Å². The standard InChI is InChI=1S/C39H35ClF4N7O3Si/c1-22-27-15-24(16-28(39(42,43)44)35(27)49-48-22)37(52)45-26-7-8-32-31(18-26)46-36(51(32)21-55-14-13-54-55)29-19-38(29)9-11-50(12-10-38)33-3-2-4-34(47-33)53-20-23-5-6-25(40)17-30(23)41/h2-8,15-18,29H,9-14,19-21H2,1H3,(H,45,52)(H,48,49). The number of hydrogen-bond acceptors (Lipinski definition) is 7. The van der Waals surface area contributed by atoms with E-state index in [0.717, 1.165) is 74.4 Å². The van der Waals surface area contributed by atoms with E-state index >= 15 is 0 Å². The predicted octanol–water partition coefficient (Wildman–Crippen LogP) is 8.59. The number of amides is 1. The second kappa shape index (κ2) is 13.6. The first-order chi connectivity index (χ1) is 26.4. The molecule has 6 aromatic rings. The van der Waals surface area contributed by atoms with Crippen LogP contribution in [0.5, 0.6) is 5.88 Å². The minimum atomic E-state index is -4.68. The van der Waals surface area contributed by atoms with Crippen LogP contribution in [0.4, 0.5) is 29.1 Å². The molecule has 16 heteroatoms. The molecule has 2 aliphatic heterocycles. The highest BCUT2D eigenvalue weighted by atomic mass is 35.5. The largest absolute Gasteiger partial charge is 0.473 e. The summed E-state index contributed by atoms with van der Waals surface area (Å²) >= 11 is 5.88. The molecule has 10 nitrogen and oxygen atoms in total. The van der Waals surface area contributed by atoms with Crippen molar-refractivity contribution in [1.29, 1.82) is 0 Å². The van der Waals surface area contributed by atoms with Gasteiger partial charge in [0.15, 0.2) is 0 Å². The number of nitrogens with one attached hydrogen (secondary N) is 2. The van der Waals surface area contributed by atoms with Crippen LogP contribution < -0.4 is 15.0 Å². The summed E-state index contributed by atoms with van der Waals surface area (Å²) in [5, 5.41) is 9.78. The summed E-state index contributed by atoms with van der Waals surface area (Å²) in [7, 11) is -1.00. The summed E-state index contributed by atoms with van der Waals surface area (Å²) in [6.07, 6.45) is -0.987. The summed E-state index contributed by atoms with van der Waals surface area (Å²) in [6, 6.07) is 18.9. The van der Waals surface area contributed by atoms with Crippen molar-refractivity contribution in [2.75, 3.05) is 29.9 Å². The molecular formula is C39H35ClF4N7O3Si. The number of ether oxygens (including phenoxy) is 1. The van der Waals surface area contributed by atoms with Crippen molar-refractivity contribution in [3.63, 3.8) is 0 Å². The Hall–Kier alpha value is -4.99. The molecule has 55 heavy (non-hydrogen) atoms.